The molecule has 0 saturated heterocycles. The molecule has 0 aliphatic rings. The minimum atomic E-state index is -0.00566. The van der Waals surface area contributed by atoms with Gasteiger partial charge in [0.05, 0.1) is 5.56 Å². The monoisotopic (exact) mass is 260 g/mol. The highest BCUT2D eigenvalue weighted by atomic mass is 35.5. The number of hydrogen-bond donors (Lipinski definition) is 0. The Morgan fingerprint density at radius 1 is 1.18 bits per heavy atom. The van der Waals surface area contributed by atoms with Crippen LogP contribution in [0, 0.1) is 0 Å². The van der Waals surface area contributed by atoms with Gasteiger partial charge in [0, 0.05) is 14.2 Å². The van der Waals surface area contributed by atoms with Gasteiger partial charge in [-0.15, -0.1) is 0 Å². The van der Waals surface area contributed by atoms with E-state index in [9.17, 15) is 4.79 Å². The second-order valence-corrected chi connectivity index (χ2v) is 3.39. The fourth-order valence-electron chi connectivity index (χ4n) is 1.14. The van der Waals surface area contributed by atoms with Gasteiger partial charge in [-0.2, -0.15) is 0 Å². The molecule has 0 fully saturated rings. The number of ether oxygens (including phenoxy) is 4. The van der Waals surface area contributed by atoms with E-state index >= 15 is 0 Å². The molecule has 0 aliphatic heterocycles. The molecule has 0 radical (unpaired) electrons. The molecule has 0 heterocycles. The predicted molar refractivity (Wildman–Crippen MR) is 61.8 cm³/mol. The van der Waals surface area contributed by atoms with Crippen LogP contribution in [0.1, 0.15) is 10.4 Å². The van der Waals surface area contributed by atoms with Gasteiger partial charge < -0.3 is 18.9 Å². The smallest absolute Gasteiger partial charge is 0.188 e. The van der Waals surface area contributed by atoms with Crippen molar-refractivity contribution in [3.8, 4) is 11.5 Å². The Kier molecular flexibility index (Phi) is 5.76. The standard InChI is InChI=1S/C11H13ClO5/c1-14-6-16-9-4-3-8(5-13)11(10(9)12)17-7-15-2/h3-5H,6-7H2,1-2H3. The molecule has 0 aliphatic carbocycles. The summed E-state index contributed by atoms with van der Waals surface area (Å²) >= 11 is 6.04. The molecule has 0 bridgehead atoms. The fraction of sp³-hybridized carbons (Fsp3) is 0.364. The van der Waals surface area contributed by atoms with Gasteiger partial charge in [0.2, 0.25) is 0 Å². The Labute approximate surface area is 104 Å². The van der Waals surface area contributed by atoms with Crippen LogP contribution in [0.3, 0.4) is 0 Å². The molecule has 6 heteroatoms. The first kappa shape index (κ1) is 13.8. The lowest BCUT2D eigenvalue weighted by atomic mass is 10.2. The van der Waals surface area contributed by atoms with Crippen molar-refractivity contribution >= 4 is 17.9 Å². The van der Waals surface area contributed by atoms with Crippen LogP contribution in [0.2, 0.25) is 5.02 Å². The van der Waals surface area contributed by atoms with Crippen LogP contribution in [0.5, 0.6) is 11.5 Å². The van der Waals surface area contributed by atoms with E-state index < -0.39 is 0 Å². The van der Waals surface area contributed by atoms with Crippen LogP contribution in [0.15, 0.2) is 12.1 Å². The molecule has 0 aromatic heterocycles. The fourth-order valence-corrected chi connectivity index (χ4v) is 1.43. The minimum Gasteiger partial charge on any atom is -0.466 e. The van der Waals surface area contributed by atoms with Gasteiger partial charge in [0.15, 0.2) is 25.6 Å². The van der Waals surface area contributed by atoms with E-state index in [4.69, 9.17) is 30.5 Å². The summed E-state index contributed by atoms with van der Waals surface area (Å²) in [6.45, 7) is 0.0537. The molecule has 1 rings (SSSR count). The van der Waals surface area contributed by atoms with Crippen LogP contribution < -0.4 is 9.47 Å². The number of halogens is 1. The van der Waals surface area contributed by atoms with Crippen LogP contribution in [0.25, 0.3) is 0 Å². The van der Waals surface area contributed by atoms with E-state index in [2.05, 4.69) is 0 Å². The molecular weight excluding hydrogens is 248 g/mol. The van der Waals surface area contributed by atoms with Crippen molar-refractivity contribution in [1.82, 2.24) is 0 Å². The molecule has 94 valence electrons. The van der Waals surface area contributed by atoms with Gasteiger partial charge in [0.25, 0.3) is 0 Å². The number of hydrogen-bond acceptors (Lipinski definition) is 5. The first-order chi connectivity index (χ1) is 8.24. The number of methoxy groups -OCH3 is 2. The number of carbonyl (C=O) groups is 1. The summed E-state index contributed by atoms with van der Waals surface area (Å²) in [7, 11) is 2.97. The van der Waals surface area contributed by atoms with Crippen molar-refractivity contribution in [2.75, 3.05) is 27.8 Å². The Bertz CT molecular complexity index is 380. The maximum absolute atomic E-state index is 10.8. The summed E-state index contributed by atoms with van der Waals surface area (Å²) in [5, 5.41) is 0.212. The summed E-state index contributed by atoms with van der Waals surface area (Å²) in [6.07, 6.45) is 0.650. The number of rotatable bonds is 7. The quantitative estimate of drug-likeness (QED) is 0.555. The third-order valence-electron chi connectivity index (χ3n) is 1.87. The zero-order valence-electron chi connectivity index (χ0n) is 9.57. The van der Waals surface area contributed by atoms with Crippen molar-refractivity contribution in [2.24, 2.45) is 0 Å². The Balaban J connectivity index is 2.99. The van der Waals surface area contributed by atoms with E-state index in [0.29, 0.717) is 17.6 Å². The molecule has 5 nitrogen and oxygen atoms in total. The summed E-state index contributed by atoms with van der Waals surface area (Å²) in [5.74, 6) is 0.613. The second-order valence-electron chi connectivity index (χ2n) is 3.02. The maximum Gasteiger partial charge on any atom is 0.188 e. The lowest BCUT2D eigenvalue weighted by molar-refractivity contribution is 0.0458. The van der Waals surface area contributed by atoms with E-state index in [1.54, 1.807) is 12.1 Å². The second kappa shape index (κ2) is 7.11. The SMILES string of the molecule is COCOc1ccc(C=O)c(OCOC)c1Cl. The summed E-state index contributed by atoms with van der Waals surface area (Å²) < 4.78 is 20.0. The van der Waals surface area contributed by atoms with Gasteiger partial charge in [-0.1, -0.05) is 11.6 Å². The number of benzene rings is 1. The van der Waals surface area contributed by atoms with Crippen LogP contribution in [-0.2, 0) is 9.47 Å². The highest BCUT2D eigenvalue weighted by Gasteiger charge is 2.14. The summed E-state index contributed by atoms with van der Waals surface area (Å²) in [6, 6.07) is 3.12. The molecule has 0 saturated carbocycles. The zero-order valence-corrected chi connectivity index (χ0v) is 10.3. The van der Waals surface area contributed by atoms with Crippen molar-refractivity contribution in [3.63, 3.8) is 0 Å². The van der Waals surface area contributed by atoms with Crippen molar-refractivity contribution in [3.05, 3.63) is 22.7 Å². The number of carbonyl (C=O) groups excluding carboxylic acids is 1. The van der Waals surface area contributed by atoms with Crippen LogP contribution >= 0.6 is 11.6 Å². The molecule has 1 aromatic carbocycles. The molecule has 0 spiro atoms. The molecule has 0 amide bonds. The molecule has 17 heavy (non-hydrogen) atoms. The van der Waals surface area contributed by atoms with Crippen molar-refractivity contribution in [2.45, 2.75) is 0 Å². The molecule has 0 atom stereocenters. The highest BCUT2D eigenvalue weighted by molar-refractivity contribution is 6.34. The van der Waals surface area contributed by atoms with Crippen molar-refractivity contribution in [1.29, 1.82) is 0 Å². The van der Waals surface area contributed by atoms with Gasteiger partial charge in [-0.25, -0.2) is 0 Å². The first-order valence-electron chi connectivity index (χ1n) is 4.75. The Hall–Kier alpha value is -1.30. The lowest BCUT2D eigenvalue weighted by Gasteiger charge is -2.13. The van der Waals surface area contributed by atoms with Gasteiger partial charge >= 0.3 is 0 Å². The van der Waals surface area contributed by atoms with Crippen molar-refractivity contribution < 1.29 is 23.7 Å². The van der Waals surface area contributed by atoms with E-state index in [1.807, 2.05) is 0 Å². The zero-order chi connectivity index (χ0) is 12.7. The topological polar surface area (TPSA) is 54.0 Å². The van der Waals surface area contributed by atoms with Gasteiger partial charge in [-0.05, 0) is 12.1 Å². The van der Waals surface area contributed by atoms with E-state index in [-0.39, 0.29) is 24.4 Å². The van der Waals surface area contributed by atoms with Gasteiger partial charge in [0.1, 0.15) is 10.8 Å². The highest BCUT2D eigenvalue weighted by Crippen LogP contribution is 2.36. The average molecular weight is 261 g/mol. The molecule has 1 aromatic rings. The lowest BCUT2D eigenvalue weighted by Crippen LogP contribution is -2.04. The summed E-state index contributed by atoms with van der Waals surface area (Å²) in [5.41, 5.74) is 0.330. The van der Waals surface area contributed by atoms with E-state index in [1.165, 1.54) is 14.2 Å². The third kappa shape index (κ3) is 3.59. The van der Waals surface area contributed by atoms with E-state index in [0.717, 1.165) is 0 Å². The largest absolute Gasteiger partial charge is 0.466 e. The predicted octanol–water partition coefficient (Wildman–Crippen LogP) is 2.12. The first-order valence-corrected chi connectivity index (χ1v) is 5.13. The Morgan fingerprint density at radius 2 is 1.82 bits per heavy atom. The Morgan fingerprint density at radius 3 is 2.41 bits per heavy atom. The number of aldehydes is 1. The average Bonchev–Trinajstić information content (AvgIpc) is 2.35. The molecule has 0 N–H and O–H groups in total. The van der Waals surface area contributed by atoms with Gasteiger partial charge in [-0.3, -0.25) is 4.79 Å². The minimum absolute atomic E-state index is 0.00566. The third-order valence-corrected chi connectivity index (χ3v) is 2.23. The molecular formula is C11H13ClO5. The summed E-state index contributed by atoms with van der Waals surface area (Å²) in [4.78, 5) is 10.8. The maximum atomic E-state index is 10.8. The van der Waals surface area contributed by atoms with Crippen LogP contribution in [0.4, 0.5) is 0 Å². The molecule has 0 unspecified atom stereocenters. The normalized spacial score (nSPS) is 10.1. The van der Waals surface area contributed by atoms with Crippen LogP contribution in [-0.4, -0.2) is 34.1 Å².